The lowest BCUT2D eigenvalue weighted by molar-refractivity contribution is -0.140. The molecule has 0 aliphatic rings. The van der Waals surface area contributed by atoms with Gasteiger partial charge in [0.25, 0.3) is 0 Å². The summed E-state index contributed by atoms with van der Waals surface area (Å²) < 4.78 is 30.1. The molecule has 0 aromatic heterocycles. The van der Waals surface area contributed by atoms with Crippen LogP contribution in [-0.2, 0) is 19.6 Å². The van der Waals surface area contributed by atoms with Crippen LogP contribution in [0.4, 0.5) is 5.69 Å². The van der Waals surface area contributed by atoms with Crippen LogP contribution in [0.2, 0.25) is 0 Å². The molecule has 112 valence electrons. The average molecular weight is 318 g/mol. The van der Waals surface area contributed by atoms with Crippen molar-refractivity contribution in [2.24, 2.45) is 0 Å². The van der Waals surface area contributed by atoms with Gasteiger partial charge in [0, 0.05) is 22.9 Å². The first-order valence-electron chi connectivity index (χ1n) is 5.95. The molecule has 8 heteroatoms. The molecule has 20 heavy (non-hydrogen) atoms. The highest BCUT2D eigenvalue weighted by molar-refractivity contribution is 8.00. The highest BCUT2D eigenvalue weighted by Crippen LogP contribution is 2.20. The van der Waals surface area contributed by atoms with Crippen LogP contribution >= 0.6 is 11.8 Å². The van der Waals surface area contributed by atoms with Crippen LogP contribution < -0.4 is 10.5 Å². The molecule has 0 fully saturated rings. The second-order valence-electron chi connectivity index (χ2n) is 3.96. The molecule has 0 radical (unpaired) electrons. The van der Waals surface area contributed by atoms with Gasteiger partial charge in [-0.2, -0.15) is 0 Å². The first kappa shape index (κ1) is 16.8. The maximum Gasteiger partial charge on any atom is 0.306 e. The zero-order valence-electron chi connectivity index (χ0n) is 11.2. The Hall–Kier alpha value is -1.25. The Morgan fingerprint density at radius 3 is 2.85 bits per heavy atom. The van der Waals surface area contributed by atoms with Crippen LogP contribution in [0.15, 0.2) is 29.2 Å². The molecule has 1 aromatic carbocycles. The van der Waals surface area contributed by atoms with Gasteiger partial charge in [0.2, 0.25) is 10.0 Å². The van der Waals surface area contributed by atoms with Crippen LogP contribution in [0.25, 0.3) is 0 Å². The van der Waals surface area contributed by atoms with Crippen LogP contribution in [0, 0.1) is 0 Å². The number of esters is 1. The number of carbonyl (C=O) groups is 1. The first-order chi connectivity index (χ1) is 9.43. The Balaban J connectivity index is 2.31. The molecular weight excluding hydrogens is 300 g/mol. The van der Waals surface area contributed by atoms with E-state index in [-0.39, 0.29) is 18.7 Å². The van der Waals surface area contributed by atoms with Crippen molar-refractivity contribution in [1.82, 2.24) is 4.72 Å². The summed E-state index contributed by atoms with van der Waals surface area (Å²) in [4.78, 5) is 11.8. The lowest BCUT2D eigenvalue weighted by atomic mass is 10.3. The monoisotopic (exact) mass is 318 g/mol. The van der Waals surface area contributed by atoms with Crippen LogP contribution in [0.3, 0.4) is 0 Å². The van der Waals surface area contributed by atoms with Gasteiger partial charge >= 0.3 is 5.97 Å². The van der Waals surface area contributed by atoms with E-state index in [1.165, 1.54) is 18.9 Å². The Labute approximate surface area is 123 Å². The number of hydrogen-bond donors (Lipinski definition) is 2. The maximum atomic E-state index is 11.7. The second kappa shape index (κ2) is 8.13. The second-order valence-corrected chi connectivity index (χ2v) is 7.06. The topological polar surface area (TPSA) is 98.5 Å². The Bertz CT molecular complexity index is 546. The van der Waals surface area contributed by atoms with E-state index in [2.05, 4.69) is 9.46 Å². The number of rotatable bonds is 8. The van der Waals surface area contributed by atoms with E-state index in [1.54, 1.807) is 12.1 Å². The SMILES string of the molecule is COC(=O)CCNS(=O)(=O)CCSc1cccc(N)c1. The number of sulfonamides is 1. The molecule has 3 N–H and O–H groups in total. The maximum absolute atomic E-state index is 11.7. The largest absolute Gasteiger partial charge is 0.469 e. The summed E-state index contributed by atoms with van der Waals surface area (Å²) in [6, 6.07) is 7.26. The van der Waals surface area contributed by atoms with Crippen LogP contribution in [0.5, 0.6) is 0 Å². The van der Waals surface area contributed by atoms with E-state index in [0.717, 1.165) is 4.90 Å². The normalized spacial score (nSPS) is 11.2. The number of methoxy groups -OCH3 is 1. The first-order valence-corrected chi connectivity index (χ1v) is 8.59. The van der Waals surface area contributed by atoms with Crippen molar-refractivity contribution < 1.29 is 17.9 Å². The number of carbonyl (C=O) groups excluding carboxylic acids is 1. The van der Waals surface area contributed by atoms with E-state index in [9.17, 15) is 13.2 Å². The quantitative estimate of drug-likeness (QED) is 0.419. The molecule has 0 unspecified atom stereocenters. The highest BCUT2D eigenvalue weighted by atomic mass is 32.2. The molecule has 0 spiro atoms. The molecule has 0 saturated carbocycles. The number of benzene rings is 1. The van der Waals surface area contributed by atoms with Crippen molar-refractivity contribution in [2.75, 3.05) is 30.9 Å². The molecule has 0 atom stereocenters. The molecule has 0 heterocycles. The van der Waals surface area contributed by atoms with E-state index in [1.807, 2.05) is 12.1 Å². The molecule has 0 aliphatic carbocycles. The summed E-state index contributed by atoms with van der Waals surface area (Å²) in [7, 11) is -2.11. The van der Waals surface area contributed by atoms with Gasteiger partial charge in [-0.15, -0.1) is 11.8 Å². The highest BCUT2D eigenvalue weighted by Gasteiger charge is 2.11. The van der Waals surface area contributed by atoms with Crippen molar-refractivity contribution in [3.63, 3.8) is 0 Å². The third-order valence-electron chi connectivity index (χ3n) is 2.36. The van der Waals surface area contributed by atoms with Gasteiger partial charge in [0.1, 0.15) is 0 Å². The minimum absolute atomic E-state index is 0.0202. The van der Waals surface area contributed by atoms with Gasteiger partial charge < -0.3 is 10.5 Å². The summed E-state index contributed by atoms with van der Waals surface area (Å²) in [5.74, 6) is -0.0492. The number of thioether (sulfide) groups is 1. The minimum Gasteiger partial charge on any atom is -0.469 e. The zero-order chi connectivity index (χ0) is 15.0. The number of hydrogen-bond acceptors (Lipinski definition) is 6. The van der Waals surface area contributed by atoms with E-state index >= 15 is 0 Å². The molecular formula is C12H18N2O4S2. The van der Waals surface area contributed by atoms with E-state index in [0.29, 0.717) is 11.4 Å². The van der Waals surface area contributed by atoms with Crippen molar-refractivity contribution in [3.8, 4) is 0 Å². The van der Waals surface area contributed by atoms with Gasteiger partial charge in [0.15, 0.2) is 0 Å². The molecule has 1 rings (SSSR count). The van der Waals surface area contributed by atoms with Gasteiger partial charge in [0.05, 0.1) is 19.3 Å². The fraction of sp³-hybridized carbons (Fsp3) is 0.417. The van der Waals surface area contributed by atoms with E-state index in [4.69, 9.17) is 5.73 Å². The van der Waals surface area contributed by atoms with Crippen molar-refractivity contribution in [3.05, 3.63) is 24.3 Å². The van der Waals surface area contributed by atoms with Gasteiger partial charge in [-0.3, -0.25) is 4.79 Å². The third-order valence-corrected chi connectivity index (χ3v) is 5.00. The average Bonchev–Trinajstić information content (AvgIpc) is 2.38. The summed E-state index contributed by atoms with van der Waals surface area (Å²) in [6.07, 6.45) is 0.0259. The number of anilines is 1. The predicted molar refractivity (Wildman–Crippen MR) is 80.0 cm³/mol. The Morgan fingerprint density at radius 2 is 2.20 bits per heavy atom. The number of nitrogens with one attached hydrogen (secondary N) is 1. The Kier molecular flexibility index (Phi) is 6.83. The predicted octanol–water partition coefficient (Wildman–Crippen LogP) is 0.843. The molecule has 1 aromatic rings. The van der Waals surface area contributed by atoms with Gasteiger partial charge in [-0.25, -0.2) is 13.1 Å². The lowest BCUT2D eigenvalue weighted by Gasteiger charge is -2.06. The molecule has 0 bridgehead atoms. The summed E-state index contributed by atoms with van der Waals surface area (Å²) >= 11 is 1.41. The molecule has 6 nitrogen and oxygen atoms in total. The van der Waals surface area contributed by atoms with Gasteiger partial charge in [-0.05, 0) is 18.2 Å². The summed E-state index contributed by atoms with van der Waals surface area (Å²) in [6.45, 7) is 0.0535. The fourth-order valence-electron chi connectivity index (χ4n) is 1.36. The van der Waals surface area contributed by atoms with Crippen LogP contribution in [-0.4, -0.2) is 39.5 Å². The van der Waals surface area contributed by atoms with E-state index < -0.39 is 16.0 Å². The smallest absolute Gasteiger partial charge is 0.306 e. The fourth-order valence-corrected chi connectivity index (χ4v) is 3.75. The molecule has 0 amide bonds. The Morgan fingerprint density at radius 1 is 1.45 bits per heavy atom. The van der Waals surface area contributed by atoms with Crippen LogP contribution in [0.1, 0.15) is 6.42 Å². The molecule has 0 aliphatic heterocycles. The molecule has 0 saturated heterocycles. The van der Waals surface area contributed by atoms with Gasteiger partial charge in [-0.1, -0.05) is 6.07 Å². The van der Waals surface area contributed by atoms with Crippen molar-refractivity contribution >= 4 is 33.4 Å². The van der Waals surface area contributed by atoms with Crippen molar-refractivity contribution in [2.45, 2.75) is 11.3 Å². The standard InChI is InChI=1S/C12H18N2O4S2/c1-18-12(15)5-6-14-20(16,17)8-7-19-11-4-2-3-10(13)9-11/h2-4,9,14H,5-8,13H2,1H3. The number of ether oxygens (including phenoxy) is 1. The minimum atomic E-state index is -3.38. The lowest BCUT2D eigenvalue weighted by Crippen LogP contribution is -2.29. The zero-order valence-corrected chi connectivity index (χ0v) is 12.8. The summed E-state index contributed by atoms with van der Waals surface area (Å²) in [5.41, 5.74) is 6.28. The third kappa shape index (κ3) is 6.78. The summed E-state index contributed by atoms with van der Waals surface area (Å²) in [5, 5.41) is 0. The number of nitrogen functional groups attached to an aromatic ring is 1. The van der Waals surface area contributed by atoms with Crippen molar-refractivity contribution in [1.29, 1.82) is 0 Å². The number of nitrogens with two attached hydrogens (primary N) is 1.